The zero-order chi connectivity index (χ0) is 45.9. The summed E-state index contributed by atoms with van der Waals surface area (Å²) in [5.74, 6) is -8.31. The molecule has 0 aromatic heterocycles. The summed E-state index contributed by atoms with van der Waals surface area (Å²) in [5, 5.41) is 25.3. The lowest BCUT2D eigenvalue weighted by Gasteiger charge is -2.48. The number of fused-ring (bicyclic) bond motifs is 2. The smallest absolute Gasteiger partial charge is 0.308 e. The highest BCUT2D eigenvalue weighted by Gasteiger charge is 2.65. The Morgan fingerprint density at radius 1 is 0.409 bits per heavy atom. The van der Waals surface area contributed by atoms with Gasteiger partial charge in [-0.3, -0.25) is 19.2 Å². The third-order valence-electron chi connectivity index (χ3n) is 12.5. The Hall–Kier alpha value is -8.24. The van der Waals surface area contributed by atoms with Gasteiger partial charge < -0.3 is 29.5 Å². The first-order valence-electron chi connectivity index (χ1n) is 21.7. The molecule has 8 aromatic carbocycles. The minimum absolute atomic E-state index is 0.0155. The van der Waals surface area contributed by atoms with Gasteiger partial charge in [0.05, 0.1) is 48.1 Å². The predicted molar refractivity (Wildman–Crippen MR) is 255 cm³/mol. The van der Waals surface area contributed by atoms with Crippen molar-refractivity contribution in [3.05, 3.63) is 204 Å². The van der Waals surface area contributed by atoms with Gasteiger partial charge in [-0.15, -0.1) is 0 Å². The van der Waals surface area contributed by atoms with Crippen LogP contribution in [0.15, 0.2) is 182 Å². The van der Waals surface area contributed by atoms with Crippen LogP contribution >= 0.6 is 0 Å². The minimum Gasteiger partial charge on any atom is -0.481 e. The molecule has 0 radical (unpaired) electrons. The molecule has 2 N–H and O–H groups in total. The Morgan fingerprint density at radius 2 is 0.742 bits per heavy atom. The van der Waals surface area contributed by atoms with E-state index in [1.165, 1.54) is 9.80 Å². The number of rotatable bonds is 14. The number of ether oxygens (including phenoxy) is 2. The molecule has 1 fully saturated rings. The Bertz CT molecular complexity index is 2870. The van der Waals surface area contributed by atoms with Crippen LogP contribution in [0.25, 0.3) is 21.5 Å². The van der Waals surface area contributed by atoms with E-state index in [0.717, 1.165) is 32.7 Å². The number of aryl methyl sites for hydroxylation is 2. The van der Waals surface area contributed by atoms with Crippen molar-refractivity contribution in [1.29, 1.82) is 0 Å². The van der Waals surface area contributed by atoms with Crippen LogP contribution in [0, 0.1) is 37.5 Å². The van der Waals surface area contributed by atoms with Crippen molar-refractivity contribution in [1.82, 2.24) is 0 Å². The summed E-state index contributed by atoms with van der Waals surface area (Å²) in [5.41, 5.74) is 3.90. The number of nitrogens with zero attached hydrogens (tertiary/aromatic N) is 2. The van der Waals surface area contributed by atoms with Gasteiger partial charge in [0.2, 0.25) is 11.8 Å². The van der Waals surface area contributed by atoms with Gasteiger partial charge in [-0.1, -0.05) is 133 Å². The van der Waals surface area contributed by atoms with E-state index < -0.39 is 47.4 Å². The lowest BCUT2D eigenvalue weighted by atomic mass is 9.55. The van der Waals surface area contributed by atoms with Crippen molar-refractivity contribution < 1.29 is 38.9 Å². The van der Waals surface area contributed by atoms with E-state index in [9.17, 15) is 19.8 Å². The summed E-state index contributed by atoms with van der Waals surface area (Å²) >= 11 is 0. The van der Waals surface area contributed by atoms with Crippen LogP contribution in [0.1, 0.15) is 22.3 Å². The van der Waals surface area contributed by atoms with Crippen LogP contribution in [0.3, 0.4) is 0 Å². The topological polar surface area (TPSA) is 134 Å². The standard InChI is InChI=1S/C56H46N2O8/c1-35-21-27-39-13-9-11-19-45(39)51(35)57(33-37-23-29-43(30-24-37)65-41-15-5-3-6-16-41)53(59)47-49(55(61)62)48(50(47)56(63)64)54(60)58(52-36(2)22-28-40-14-10-12-20-46(40)52)34-38-25-31-44(32-26-38)66-42-17-7-4-8-18-42/h3-32,47-50H,33-34H2,1-2H3,(H,61,62)(H,63,64). The molecule has 66 heavy (non-hydrogen) atoms. The van der Waals surface area contributed by atoms with E-state index in [-0.39, 0.29) is 13.1 Å². The molecule has 328 valence electrons. The van der Waals surface area contributed by atoms with Gasteiger partial charge in [-0.05, 0) is 95.4 Å². The van der Waals surface area contributed by atoms with Crippen molar-refractivity contribution in [3.8, 4) is 23.0 Å². The highest BCUT2D eigenvalue weighted by atomic mass is 16.5. The number of amides is 2. The molecule has 0 heterocycles. The highest BCUT2D eigenvalue weighted by molar-refractivity contribution is 6.12. The van der Waals surface area contributed by atoms with Gasteiger partial charge in [0.1, 0.15) is 23.0 Å². The average Bonchev–Trinajstić information content (AvgIpc) is 3.31. The fourth-order valence-corrected chi connectivity index (χ4v) is 9.26. The summed E-state index contributed by atoms with van der Waals surface area (Å²) in [6.07, 6.45) is 0. The first-order valence-corrected chi connectivity index (χ1v) is 21.7. The van der Waals surface area contributed by atoms with Crippen molar-refractivity contribution in [2.24, 2.45) is 23.7 Å². The number of carbonyl (C=O) groups excluding carboxylic acids is 2. The maximum absolute atomic E-state index is 15.4. The zero-order valence-electron chi connectivity index (χ0n) is 36.3. The Labute approximate surface area is 381 Å². The molecule has 0 bridgehead atoms. The van der Waals surface area contributed by atoms with Gasteiger partial charge in [0, 0.05) is 10.8 Å². The molecule has 10 nitrogen and oxygen atoms in total. The fourth-order valence-electron chi connectivity index (χ4n) is 9.26. The van der Waals surface area contributed by atoms with Crippen LogP contribution in [-0.4, -0.2) is 34.0 Å². The van der Waals surface area contributed by atoms with Gasteiger partial charge in [0.15, 0.2) is 0 Å². The molecule has 1 saturated carbocycles. The summed E-state index contributed by atoms with van der Waals surface area (Å²) in [6.45, 7) is 3.69. The van der Waals surface area contributed by atoms with Crippen molar-refractivity contribution in [2.75, 3.05) is 9.80 Å². The van der Waals surface area contributed by atoms with Gasteiger partial charge >= 0.3 is 11.9 Å². The van der Waals surface area contributed by atoms with E-state index in [1.807, 2.05) is 172 Å². The SMILES string of the molecule is Cc1ccc2ccccc2c1N(Cc1ccc(Oc2ccccc2)cc1)C(=O)C1C(C(=O)O)C(C(=O)N(Cc2ccc(Oc3ccccc3)cc2)c2c(C)ccc3ccccc23)C1C(=O)O. The molecule has 0 aliphatic heterocycles. The third-order valence-corrected chi connectivity index (χ3v) is 12.5. The monoisotopic (exact) mass is 874 g/mol. The van der Waals surface area contributed by atoms with Gasteiger partial charge in [-0.2, -0.15) is 0 Å². The number of aliphatic carboxylic acids is 2. The third kappa shape index (κ3) is 8.56. The summed E-state index contributed by atoms with van der Waals surface area (Å²) < 4.78 is 12.0. The van der Waals surface area contributed by atoms with E-state index in [1.54, 1.807) is 24.3 Å². The number of carbonyl (C=O) groups is 4. The molecule has 0 saturated heterocycles. The largest absolute Gasteiger partial charge is 0.481 e. The van der Waals surface area contributed by atoms with Crippen LogP contribution in [0.4, 0.5) is 11.4 Å². The highest BCUT2D eigenvalue weighted by Crippen LogP contribution is 2.51. The lowest BCUT2D eigenvalue weighted by Crippen LogP contribution is -2.64. The molecule has 0 unspecified atom stereocenters. The molecule has 1 aliphatic rings. The number of hydrogen-bond donors (Lipinski definition) is 2. The van der Waals surface area contributed by atoms with Gasteiger partial charge in [-0.25, -0.2) is 0 Å². The molecule has 0 spiro atoms. The number of carboxylic acid groups (broad SMARTS) is 2. The van der Waals surface area contributed by atoms with Crippen LogP contribution < -0.4 is 19.3 Å². The molecule has 10 heteroatoms. The summed E-state index contributed by atoms with van der Waals surface area (Å²) in [7, 11) is 0. The summed E-state index contributed by atoms with van der Waals surface area (Å²) in [4.78, 5) is 60.9. The molecule has 9 rings (SSSR count). The number of carboxylic acids is 2. The van der Waals surface area contributed by atoms with Crippen LogP contribution in [-0.2, 0) is 32.3 Å². The van der Waals surface area contributed by atoms with E-state index in [4.69, 9.17) is 9.47 Å². The number of hydrogen-bond acceptors (Lipinski definition) is 6. The second-order valence-electron chi connectivity index (χ2n) is 16.7. The number of para-hydroxylation sites is 2. The average molecular weight is 875 g/mol. The molecular formula is C56H46N2O8. The minimum atomic E-state index is -1.66. The molecule has 0 atom stereocenters. The Kier molecular flexibility index (Phi) is 12.0. The Morgan fingerprint density at radius 3 is 1.11 bits per heavy atom. The molecular weight excluding hydrogens is 829 g/mol. The van der Waals surface area contributed by atoms with Crippen LogP contribution in [0.5, 0.6) is 23.0 Å². The number of anilines is 2. The maximum Gasteiger partial charge on any atom is 0.308 e. The maximum atomic E-state index is 15.4. The predicted octanol–water partition coefficient (Wildman–Crippen LogP) is 11.6. The second-order valence-corrected chi connectivity index (χ2v) is 16.7. The first kappa shape index (κ1) is 43.0. The lowest BCUT2D eigenvalue weighted by molar-refractivity contribution is -0.179. The molecule has 1 aliphatic carbocycles. The zero-order valence-corrected chi connectivity index (χ0v) is 36.3. The first-order chi connectivity index (χ1) is 32.0. The van der Waals surface area contributed by atoms with Gasteiger partial charge in [0.25, 0.3) is 0 Å². The van der Waals surface area contributed by atoms with E-state index in [2.05, 4.69) is 0 Å². The Balaban J connectivity index is 1.09. The van der Waals surface area contributed by atoms with E-state index in [0.29, 0.717) is 45.5 Å². The summed E-state index contributed by atoms with van der Waals surface area (Å²) in [6, 6.07) is 55.8. The fraction of sp³-hybridized carbons (Fsp3) is 0.143. The quantitative estimate of drug-likeness (QED) is 0.110. The van der Waals surface area contributed by atoms with Crippen molar-refractivity contribution in [2.45, 2.75) is 26.9 Å². The van der Waals surface area contributed by atoms with Crippen molar-refractivity contribution in [3.63, 3.8) is 0 Å². The normalized spacial score (nSPS) is 16.5. The second kappa shape index (κ2) is 18.5. The van der Waals surface area contributed by atoms with Crippen molar-refractivity contribution >= 4 is 56.7 Å². The number of benzene rings is 8. The van der Waals surface area contributed by atoms with Crippen LogP contribution in [0.2, 0.25) is 0 Å². The molecule has 2 amide bonds. The molecule has 8 aromatic rings. The van der Waals surface area contributed by atoms with E-state index >= 15 is 9.59 Å².